The van der Waals surface area contributed by atoms with E-state index in [-0.39, 0.29) is 0 Å². The molecule has 2 N–H and O–H groups in total. The largest absolute Gasteiger partial charge is 0.342 e. The van der Waals surface area contributed by atoms with E-state index >= 15 is 0 Å². The van der Waals surface area contributed by atoms with Crippen LogP contribution in [0.5, 0.6) is 0 Å². The molecular formula is C16H18N4. The molecule has 0 bridgehead atoms. The van der Waals surface area contributed by atoms with Gasteiger partial charge in [-0.3, -0.25) is 4.98 Å². The van der Waals surface area contributed by atoms with E-state index in [1.54, 1.807) is 6.20 Å². The molecule has 0 atom stereocenters. The first-order valence-electron chi connectivity index (χ1n) is 6.86. The lowest BCUT2D eigenvalue weighted by Crippen LogP contribution is -2.17. The zero-order valence-electron chi connectivity index (χ0n) is 11.6. The molecular weight excluding hydrogens is 248 g/mol. The Hall–Kier alpha value is -2.20. The highest BCUT2D eigenvalue weighted by atomic mass is 14.9. The van der Waals surface area contributed by atoms with Gasteiger partial charge in [-0.2, -0.15) is 0 Å². The van der Waals surface area contributed by atoms with Crippen LogP contribution < -0.4 is 5.32 Å². The van der Waals surface area contributed by atoms with Gasteiger partial charge in [0.25, 0.3) is 0 Å². The van der Waals surface area contributed by atoms with E-state index in [1.165, 1.54) is 11.1 Å². The van der Waals surface area contributed by atoms with Crippen molar-refractivity contribution in [1.29, 1.82) is 0 Å². The highest BCUT2D eigenvalue weighted by Crippen LogP contribution is 2.13. The van der Waals surface area contributed by atoms with Crippen molar-refractivity contribution in [2.24, 2.45) is 0 Å². The third-order valence-electron chi connectivity index (χ3n) is 3.28. The zero-order valence-corrected chi connectivity index (χ0v) is 11.6. The summed E-state index contributed by atoms with van der Waals surface area (Å²) in [7, 11) is 0. The Labute approximate surface area is 118 Å². The molecule has 0 saturated heterocycles. The standard InChI is InChI=1S/C16H18N4/c1-12-4-5-14-15(9-12)20-16(19-14)6-8-18-11-13-3-2-7-17-10-13/h2-5,7,9-10,18H,6,8,11H2,1H3,(H,19,20). The van der Waals surface area contributed by atoms with Crippen LogP contribution in [0.1, 0.15) is 17.0 Å². The van der Waals surface area contributed by atoms with Crippen molar-refractivity contribution in [2.75, 3.05) is 6.54 Å². The number of H-pyrrole nitrogens is 1. The van der Waals surface area contributed by atoms with Crippen molar-refractivity contribution in [1.82, 2.24) is 20.3 Å². The van der Waals surface area contributed by atoms with Crippen LogP contribution in [0.4, 0.5) is 0 Å². The van der Waals surface area contributed by atoms with Gasteiger partial charge in [-0.15, -0.1) is 0 Å². The minimum atomic E-state index is 0.840. The Morgan fingerprint density at radius 1 is 1.25 bits per heavy atom. The first-order chi connectivity index (χ1) is 9.81. The van der Waals surface area contributed by atoms with E-state index in [4.69, 9.17) is 0 Å². The summed E-state index contributed by atoms with van der Waals surface area (Å²) in [5, 5.41) is 3.41. The molecule has 0 aliphatic heterocycles. The van der Waals surface area contributed by atoms with Gasteiger partial charge in [0.05, 0.1) is 11.0 Å². The van der Waals surface area contributed by atoms with E-state index in [2.05, 4.69) is 51.5 Å². The fourth-order valence-corrected chi connectivity index (χ4v) is 2.24. The molecule has 3 aromatic rings. The van der Waals surface area contributed by atoms with Crippen LogP contribution in [0.15, 0.2) is 42.7 Å². The number of hydrogen-bond donors (Lipinski definition) is 2. The number of benzene rings is 1. The molecule has 2 aromatic heterocycles. The number of nitrogens with one attached hydrogen (secondary N) is 2. The Kier molecular flexibility index (Phi) is 3.74. The van der Waals surface area contributed by atoms with Gasteiger partial charge < -0.3 is 10.3 Å². The highest BCUT2D eigenvalue weighted by Gasteiger charge is 2.02. The van der Waals surface area contributed by atoms with Gasteiger partial charge in [0.2, 0.25) is 0 Å². The Morgan fingerprint density at radius 3 is 3.05 bits per heavy atom. The van der Waals surface area contributed by atoms with E-state index in [9.17, 15) is 0 Å². The molecule has 0 amide bonds. The van der Waals surface area contributed by atoms with Crippen LogP contribution in [0.25, 0.3) is 11.0 Å². The summed E-state index contributed by atoms with van der Waals surface area (Å²) in [6, 6.07) is 10.3. The third-order valence-corrected chi connectivity index (χ3v) is 3.28. The van der Waals surface area contributed by atoms with E-state index in [1.807, 2.05) is 12.3 Å². The second-order valence-corrected chi connectivity index (χ2v) is 4.99. The van der Waals surface area contributed by atoms with Gasteiger partial charge in [0.15, 0.2) is 0 Å². The monoisotopic (exact) mass is 266 g/mol. The molecule has 0 radical (unpaired) electrons. The van der Waals surface area contributed by atoms with Crippen molar-refractivity contribution in [3.63, 3.8) is 0 Å². The van der Waals surface area contributed by atoms with Crippen molar-refractivity contribution in [3.8, 4) is 0 Å². The number of fused-ring (bicyclic) bond motifs is 1. The molecule has 0 spiro atoms. The van der Waals surface area contributed by atoms with Crippen LogP contribution in [0, 0.1) is 6.92 Å². The molecule has 0 aliphatic rings. The quantitative estimate of drug-likeness (QED) is 0.698. The fourth-order valence-electron chi connectivity index (χ4n) is 2.24. The fraction of sp³-hybridized carbons (Fsp3) is 0.250. The third kappa shape index (κ3) is 3.03. The zero-order chi connectivity index (χ0) is 13.8. The van der Waals surface area contributed by atoms with Gasteiger partial charge in [0.1, 0.15) is 5.82 Å². The summed E-state index contributed by atoms with van der Waals surface area (Å²) in [6.07, 6.45) is 4.57. The molecule has 4 nitrogen and oxygen atoms in total. The Bertz CT molecular complexity index is 688. The smallest absolute Gasteiger partial charge is 0.108 e. The number of imidazole rings is 1. The predicted octanol–water partition coefficient (Wildman–Crippen LogP) is 2.60. The van der Waals surface area contributed by atoms with E-state index < -0.39 is 0 Å². The molecule has 0 aliphatic carbocycles. The molecule has 4 heteroatoms. The second-order valence-electron chi connectivity index (χ2n) is 4.99. The lowest BCUT2D eigenvalue weighted by molar-refractivity contribution is 0.673. The number of pyridine rings is 1. The minimum Gasteiger partial charge on any atom is -0.342 e. The second kappa shape index (κ2) is 5.84. The molecule has 0 unspecified atom stereocenters. The summed E-state index contributed by atoms with van der Waals surface area (Å²) in [5.74, 6) is 1.03. The Morgan fingerprint density at radius 2 is 2.20 bits per heavy atom. The maximum atomic E-state index is 4.59. The number of aromatic nitrogens is 3. The molecule has 0 saturated carbocycles. The van der Waals surface area contributed by atoms with Crippen molar-refractivity contribution in [2.45, 2.75) is 19.9 Å². The molecule has 0 fully saturated rings. The number of rotatable bonds is 5. The predicted molar refractivity (Wildman–Crippen MR) is 80.5 cm³/mol. The van der Waals surface area contributed by atoms with Crippen LogP contribution >= 0.6 is 0 Å². The number of aryl methyl sites for hydroxylation is 1. The van der Waals surface area contributed by atoms with Crippen molar-refractivity contribution in [3.05, 3.63) is 59.7 Å². The van der Waals surface area contributed by atoms with E-state index in [0.717, 1.165) is 36.4 Å². The lowest BCUT2D eigenvalue weighted by atomic mass is 10.2. The van der Waals surface area contributed by atoms with Gasteiger partial charge in [0, 0.05) is 31.9 Å². The van der Waals surface area contributed by atoms with Crippen molar-refractivity contribution < 1.29 is 0 Å². The van der Waals surface area contributed by atoms with Crippen molar-refractivity contribution >= 4 is 11.0 Å². The van der Waals surface area contributed by atoms with Crippen LogP contribution in [0.2, 0.25) is 0 Å². The number of aromatic amines is 1. The van der Waals surface area contributed by atoms with E-state index in [0.29, 0.717) is 0 Å². The average molecular weight is 266 g/mol. The topological polar surface area (TPSA) is 53.6 Å². The minimum absolute atomic E-state index is 0.840. The number of hydrogen-bond acceptors (Lipinski definition) is 3. The SMILES string of the molecule is Cc1ccc2nc(CCNCc3cccnc3)[nH]c2c1. The lowest BCUT2D eigenvalue weighted by Gasteiger charge is -2.02. The molecule has 102 valence electrons. The normalized spacial score (nSPS) is 11.1. The van der Waals surface area contributed by atoms with Crippen LogP contribution in [-0.2, 0) is 13.0 Å². The maximum Gasteiger partial charge on any atom is 0.108 e. The summed E-state index contributed by atoms with van der Waals surface area (Å²) in [6.45, 7) is 3.83. The van der Waals surface area contributed by atoms with Crippen LogP contribution in [0.3, 0.4) is 0 Å². The van der Waals surface area contributed by atoms with Gasteiger partial charge in [-0.1, -0.05) is 12.1 Å². The maximum absolute atomic E-state index is 4.59. The van der Waals surface area contributed by atoms with Gasteiger partial charge >= 0.3 is 0 Å². The molecule has 3 rings (SSSR count). The molecule has 2 heterocycles. The summed E-state index contributed by atoms with van der Waals surface area (Å²) in [5.41, 5.74) is 4.61. The van der Waals surface area contributed by atoms with Crippen LogP contribution in [-0.4, -0.2) is 21.5 Å². The Balaban J connectivity index is 1.55. The summed E-state index contributed by atoms with van der Waals surface area (Å²) in [4.78, 5) is 12.1. The summed E-state index contributed by atoms with van der Waals surface area (Å²) >= 11 is 0. The summed E-state index contributed by atoms with van der Waals surface area (Å²) < 4.78 is 0. The highest BCUT2D eigenvalue weighted by molar-refractivity contribution is 5.75. The molecule has 20 heavy (non-hydrogen) atoms. The molecule has 1 aromatic carbocycles. The average Bonchev–Trinajstić information content (AvgIpc) is 2.86. The van der Waals surface area contributed by atoms with Gasteiger partial charge in [-0.25, -0.2) is 4.98 Å². The first-order valence-corrected chi connectivity index (χ1v) is 6.86. The first kappa shape index (κ1) is 12.8. The van der Waals surface area contributed by atoms with Gasteiger partial charge in [-0.05, 0) is 36.2 Å². The number of nitrogens with zero attached hydrogens (tertiary/aromatic N) is 2.